The summed E-state index contributed by atoms with van der Waals surface area (Å²) in [5.74, 6) is -0.746. The molecule has 0 saturated heterocycles. The monoisotopic (exact) mass is 508 g/mol. The lowest BCUT2D eigenvalue weighted by atomic mass is 10.1. The summed E-state index contributed by atoms with van der Waals surface area (Å²) < 4.78 is 10.9. The van der Waals surface area contributed by atoms with E-state index >= 15 is 0 Å². The Kier molecular flexibility index (Phi) is 8.35. The molecule has 0 atom stereocenters. The zero-order chi connectivity index (χ0) is 27.1. The highest BCUT2D eigenvalue weighted by Crippen LogP contribution is 2.40. The van der Waals surface area contributed by atoms with E-state index in [1.54, 1.807) is 6.07 Å². The molecular formula is C25H24N4O8. The van der Waals surface area contributed by atoms with Crippen molar-refractivity contribution in [1.82, 2.24) is 0 Å². The number of rotatable bonds is 10. The number of methoxy groups -OCH3 is 2. The van der Waals surface area contributed by atoms with Crippen LogP contribution in [-0.2, 0) is 0 Å². The Morgan fingerprint density at radius 1 is 0.919 bits per heavy atom. The fourth-order valence-corrected chi connectivity index (χ4v) is 3.63. The molecule has 0 spiro atoms. The number of non-ortho nitro benzene ring substituents is 1. The van der Waals surface area contributed by atoms with Gasteiger partial charge in [0.2, 0.25) is 0 Å². The number of nitro benzene ring substituents is 2. The summed E-state index contributed by atoms with van der Waals surface area (Å²) in [7, 11) is 2.76. The van der Waals surface area contributed by atoms with Gasteiger partial charge in [0, 0.05) is 42.4 Å². The topological polar surface area (TPSA) is 154 Å². The van der Waals surface area contributed by atoms with Crippen molar-refractivity contribution < 1.29 is 28.9 Å². The van der Waals surface area contributed by atoms with E-state index in [1.165, 1.54) is 73.7 Å². The van der Waals surface area contributed by atoms with Crippen molar-refractivity contribution in [2.45, 2.75) is 13.3 Å². The standard InChI is InChI=1S/C25H24N4O8/c1-4-13-27(25(31)18-7-5-6-8-20(18)29(34)35)21-15-22(36-2)19(14-23(21)37-3)26-24(30)16-9-11-17(12-10-16)28(32)33/h5-12,14-15H,4,13H2,1-3H3,(H,26,30). The van der Waals surface area contributed by atoms with Crippen molar-refractivity contribution in [1.29, 1.82) is 0 Å². The number of para-hydroxylation sites is 1. The molecule has 192 valence electrons. The van der Waals surface area contributed by atoms with Crippen LogP contribution in [0.4, 0.5) is 22.7 Å². The maximum Gasteiger partial charge on any atom is 0.282 e. The number of nitrogens with zero attached hydrogens (tertiary/aromatic N) is 3. The second-order valence-corrected chi connectivity index (χ2v) is 7.71. The summed E-state index contributed by atoms with van der Waals surface area (Å²) in [4.78, 5) is 48.8. The molecule has 0 saturated carbocycles. The molecule has 12 heteroatoms. The predicted molar refractivity (Wildman–Crippen MR) is 136 cm³/mol. The molecule has 0 aliphatic heterocycles. The number of benzene rings is 3. The Bertz CT molecular complexity index is 1340. The van der Waals surface area contributed by atoms with Gasteiger partial charge in [-0.3, -0.25) is 29.8 Å². The molecule has 0 aliphatic rings. The summed E-state index contributed by atoms with van der Waals surface area (Å²) in [6, 6.07) is 13.7. The van der Waals surface area contributed by atoms with Crippen molar-refractivity contribution >= 4 is 34.6 Å². The van der Waals surface area contributed by atoms with Crippen LogP contribution in [0.1, 0.15) is 34.1 Å². The maximum atomic E-state index is 13.5. The molecule has 0 bridgehead atoms. The number of amides is 2. The van der Waals surface area contributed by atoms with Crippen molar-refractivity contribution in [2.24, 2.45) is 0 Å². The van der Waals surface area contributed by atoms with Crippen LogP contribution in [0.2, 0.25) is 0 Å². The van der Waals surface area contributed by atoms with E-state index in [9.17, 15) is 29.8 Å². The molecule has 0 fully saturated rings. The van der Waals surface area contributed by atoms with Gasteiger partial charge >= 0.3 is 0 Å². The van der Waals surface area contributed by atoms with Gasteiger partial charge in [-0.25, -0.2) is 0 Å². The molecule has 37 heavy (non-hydrogen) atoms. The van der Waals surface area contributed by atoms with Crippen LogP contribution in [0, 0.1) is 20.2 Å². The Labute approximate surface area is 211 Å². The molecule has 12 nitrogen and oxygen atoms in total. The maximum absolute atomic E-state index is 13.5. The van der Waals surface area contributed by atoms with Gasteiger partial charge in [0.15, 0.2) is 0 Å². The van der Waals surface area contributed by atoms with Crippen LogP contribution < -0.4 is 19.7 Å². The Morgan fingerprint density at radius 3 is 2.14 bits per heavy atom. The first-order valence-corrected chi connectivity index (χ1v) is 11.1. The smallest absolute Gasteiger partial charge is 0.282 e. The number of ether oxygens (including phenoxy) is 2. The minimum atomic E-state index is -0.619. The fraction of sp³-hybridized carbons (Fsp3) is 0.200. The average Bonchev–Trinajstić information content (AvgIpc) is 2.91. The number of hydrogen-bond donors (Lipinski definition) is 1. The first-order valence-electron chi connectivity index (χ1n) is 11.1. The Morgan fingerprint density at radius 2 is 1.57 bits per heavy atom. The zero-order valence-corrected chi connectivity index (χ0v) is 20.3. The highest BCUT2D eigenvalue weighted by molar-refractivity contribution is 6.10. The summed E-state index contributed by atoms with van der Waals surface area (Å²) in [5, 5.41) is 25.0. The van der Waals surface area contributed by atoms with Crippen molar-refractivity contribution in [3.63, 3.8) is 0 Å². The van der Waals surface area contributed by atoms with Gasteiger partial charge in [-0.1, -0.05) is 19.1 Å². The first-order chi connectivity index (χ1) is 17.7. The fourth-order valence-electron chi connectivity index (χ4n) is 3.63. The minimum absolute atomic E-state index is 0.0856. The van der Waals surface area contributed by atoms with E-state index in [-0.39, 0.29) is 51.9 Å². The van der Waals surface area contributed by atoms with Crippen LogP contribution in [0.15, 0.2) is 60.7 Å². The minimum Gasteiger partial charge on any atom is -0.494 e. The molecule has 0 unspecified atom stereocenters. The van der Waals surface area contributed by atoms with Crippen molar-refractivity contribution in [3.8, 4) is 11.5 Å². The van der Waals surface area contributed by atoms with Gasteiger partial charge in [-0.2, -0.15) is 0 Å². The summed E-state index contributed by atoms with van der Waals surface area (Å²) in [6.07, 6.45) is 0.538. The van der Waals surface area contributed by atoms with Crippen molar-refractivity contribution in [3.05, 3.63) is 92.0 Å². The third-order valence-electron chi connectivity index (χ3n) is 5.40. The van der Waals surface area contributed by atoms with E-state index in [0.717, 1.165) is 0 Å². The van der Waals surface area contributed by atoms with Crippen molar-refractivity contribution in [2.75, 3.05) is 31.0 Å². The molecule has 0 heterocycles. The number of carbonyl (C=O) groups excluding carboxylic acids is 2. The second-order valence-electron chi connectivity index (χ2n) is 7.71. The molecule has 3 rings (SSSR count). The van der Waals surface area contributed by atoms with Crippen LogP contribution >= 0.6 is 0 Å². The number of hydrogen-bond acceptors (Lipinski definition) is 8. The highest BCUT2D eigenvalue weighted by Gasteiger charge is 2.28. The first kappa shape index (κ1) is 26.6. The molecule has 1 N–H and O–H groups in total. The van der Waals surface area contributed by atoms with E-state index in [4.69, 9.17) is 9.47 Å². The average molecular weight is 508 g/mol. The van der Waals surface area contributed by atoms with Gasteiger partial charge in [0.1, 0.15) is 17.1 Å². The van der Waals surface area contributed by atoms with E-state index in [2.05, 4.69) is 5.32 Å². The molecule has 0 aromatic heterocycles. The Hall–Kier alpha value is -5.00. The van der Waals surface area contributed by atoms with Crippen LogP contribution in [0.5, 0.6) is 11.5 Å². The molecule has 0 aliphatic carbocycles. The lowest BCUT2D eigenvalue weighted by Crippen LogP contribution is -2.32. The van der Waals surface area contributed by atoms with E-state index in [0.29, 0.717) is 6.42 Å². The van der Waals surface area contributed by atoms with Crippen LogP contribution in [-0.4, -0.2) is 42.4 Å². The highest BCUT2D eigenvalue weighted by atomic mass is 16.6. The Balaban J connectivity index is 2.01. The normalized spacial score (nSPS) is 10.4. The molecule has 2 amide bonds. The van der Waals surface area contributed by atoms with Crippen LogP contribution in [0.25, 0.3) is 0 Å². The molecule has 3 aromatic carbocycles. The number of nitrogens with one attached hydrogen (secondary N) is 1. The van der Waals surface area contributed by atoms with Crippen LogP contribution in [0.3, 0.4) is 0 Å². The molecule has 0 radical (unpaired) electrons. The summed E-state index contributed by atoms with van der Waals surface area (Å²) in [6.45, 7) is 2.07. The third-order valence-corrected chi connectivity index (χ3v) is 5.40. The van der Waals surface area contributed by atoms with E-state index < -0.39 is 21.7 Å². The lowest BCUT2D eigenvalue weighted by Gasteiger charge is -2.25. The number of nitro groups is 2. The van der Waals surface area contributed by atoms with Gasteiger partial charge in [0.25, 0.3) is 23.2 Å². The summed E-state index contributed by atoms with van der Waals surface area (Å²) in [5.41, 5.74) is 0.122. The van der Waals surface area contributed by atoms with Gasteiger partial charge in [0.05, 0.1) is 35.4 Å². The SMILES string of the molecule is CCCN(C(=O)c1ccccc1[N+](=O)[O-])c1cc(OC)c(NC(=O)c2ccc([N+](=O)[O-])cc2)cc1OC. The summed E-state index contributed by atoms with van der Waals surface area (Å²) >= 11 is 0. The second kappa shape index (κ2) is 11.6. The quantitative estimate of drug-likeness (QED) is 0.302. The largest absolute Gasteiger partial charge is 0.494 e. The molecule has 3 aromatic rings. The van der Waals surface area contributed by atoms with Gasteiger partial charge in [-0.05, 0) is 24.6 Å². The van der Waals surface area contributed by atoms with Gasteiger partial charge < -0.3 is 19.7 Å². The molecular weight excluding hydrogens is 484 g/mol. The predicted octanol–water partition coefficient (Wildman–Crippen LogP) is 4.83. The lowest BCUT2D eigenvalue weighted by molar-refractivity contribution is -0.385. The van der Waals surface area contributed by atoms with Gasteiger partial charge in [-0.15, -0.1) is 0 Å². The third kappa shape index (κ3) is 5.81. The van der Waals surface area contributed by atoms with E-state index in [1.807, 2.05) is 6.92 Å². The zero-order valence-electron chi connectivity index (χ0n) is 20.3. The number of anilines is 2. The number of carbonyl (C=O) groups is 2.